The Labute approximate surface area is 102 Å². The second-order valence-electron chi connectivity index (χ2n) is 3.76. The van der Waals surface area contributed by atoms with Crippen molar-refractivity contribution in [2.45, 2.75) is 19.3 Å². The van der Waals surface area contributed by atoms with Crippen LogP contribution in [0.2, 0.25) is 0 Å². The van der Waals surface area contributed by atoms with Gasteiger partial charge in [-0.25, -0.2) is 0 Å². The smallest absolute Gasteiger partial charge is 0.370 e. The first-order chi connectivity index (χ1) is 8.25. The Morgan fingerprint density at radius 2 is 2.11 bits per heavy atom. The van der Waals surface area contributed by atoms with Gasteiger partial charge in [-0.05, 0) is 30.7 Å². The minimum Gasteiger partial charge on any atom is -0.370 e. The van der Waals surface area contributed by atoms with E-state index in [0.717, 1.165) is 12.1 Å². The summed E-state index contributed by atoms with van der Waals surface area (Å²) in [6.07, 6.45) is -5.75. The molecule has 0 saturated heterocycles. The van der Waals surface area contributed by atoms with Gasteiger partial charge in [0.1, 0.15) is 6.23 Å². The molecular weight excluding hydrogens is 245 g/mol. The van der Waals surface area contributed by atoms with E-state index in [1.807, 2.05) is 0 Å². The summed E-state index contributed by atoms with van der Waals surface area (Å²) in [6, 6.07) is 4.60. The Morgan fingerprint density at radius 1 is 1.50 bits per heavy atom. The van der Waals surface area contributed by atoms with E-state index in [1.165, 1.54) is 19.1 Å². The number of alkyl halides is 3. The summed E-state index contributed by atoms with van der Waals surface area (Å²) in [6.45, 7) is 5.00. The maximum absolute atomic E-state index is 12.7. The van der Waals surface area contributed by atoms with Gasteiger partial charge in [-0.2, -0.15) is 18.4 Å². The second kappa shape index (κ2) is 5.10. The monoisotopic (exact) mass is 256 g/mol. The predicted octanol–water partition coefficient (Wildman–Crippen LogP) is 2.88. The molecule has 0 heterocycles. The number of nitriles is 1. The summed E-state index contributed by atoms with van der Waals surface area (Å²) in [5.41, 5.74) is -1.06. The van der Waals surface area contributed by atoms with Crippen molar-refractivity contribution >= 4 is 5.69 Å². The number of aliphatic hydroxyl groups excluding tert-OH is 1. The fourth-order valence-corrected chi connectivity index (χ4v) is 1.25. The molecule has 0 aliphatic rings. The molecule has 1 atom stereocenters. The molecule has 18 heavy (non-hydrogen) atoms. The van der Waals surface area contributed by atoms with E-state index in [9.17, 15) is 18.3 Å². The summed E-state index contributed by atoms with van der Waals surface area (Å²) >= 11 is 0. The van der Waals surface area contributed by atoms with E-state index in [4.69, 9.17) is 5.26 Å². The lowest BCUT2D eigenvalue weighted by Gasteiger charge is -2.16. The first-order valence-corrected chi connectivity index (χ1v) is 4.97. The standard InChI is InChI=1S/C12H11F3N2O/c1-7(2)11(18)17-9-4-3-8(6-16)10(5-9)12(13,14)15/h3-5,11,17-18H,1H2,2H3. The Bertz CT molecular complexity index is 503. The molecule has 0 aliphatic heterocycles. The van der Waals surface area contributed by atoms with Crippen molar-refractivity contribution in [1.82, 2.24) is 0 Å². The largest absolute Gasteiger partial charge is 0.417 e. The van der Waals surface area contributed by atoms with Gasteiger partial charge in [0.2, 0.25) is 0 Å². The highest BCUT2D eigenvalue weighted by Crippen LogP contribution is 2.33. The average Bonchev–Trinajstić information content (AvgIpc) is 2.27. The summed E-state index contributed by atoms with van der Waals surface area (Å²) < 4.78 is 38.0. The quantitative estimate of drug-likeness (QED) is 0.645. The molecule has 1 aromatic carbocycles. The van der Waals surface area contributed by atoms with Gasteiger partial charge in [-0.15, -0.1) is 0 Å². The minimum absolute atomic E-state index is 0.0665. The van der Waals surface area contributed by atoms with Gasteiger partial charge in [-0.3, -0.25) is 0 Å². The molecule has 0 fully saturated rings. The summed E-state index contributed by atoms with van der Waals surface area (Å²) in [5.74, 6) is 0. The van der Waals surface area contributed by atoms with Crippen LogP contribution < -0.4 is 5.32 Å². The topological polar surface area (TPSA) is 56.0 Å². The van der Waals surface area contributed by atoms with Crippen molar-refractivity contribution in [3.63, 3.8) is 0 Å². The van der Waals surface area contributed by atoms with Crippen molar-refractivity contribution < 1.29 is 18.3 Å². The summed E-state index contributed by atoms with van der Waals surface area (Å²) in [4.78, 5) is 0. The zero-order chi connectivity index (χ0) is 13.9. The second-order valence-corrected chi connectivity index (χ2v) is 3.76. The van der Waals surface area contributed by atoms with Crippen LogP contribution in [0.15, 0.2) is 30.4 Å². The van der Waals surface area contributed by atoms with E-state index in [2.05, 4.69) is 11.9 Å². The maximum atomic E-state index is 12.7. The average molecular weight is 256 g/mol. The SMILES string of the molecule is C=C(C)C(O)Nc1ccc(C#N)c(C(F)(F)F)c1. The zero-order valence-electron chi connectivity index (χ0n) is 9.54. The van der Waals surface area contributed by atoms with E-state index >= 15 is 0 Å². The first-order valence-electron chi connectivity index (χ1n) is 4.97. The van der Waals surface area contributed by atoms with Gasteiger partial charge in [0.05, 0.1) is 17.2 Å². The van der Waals surface area contributed by atoms with Crippen molar-refractivity contribution in [3.8, 4) is 6.07 Å². The van der Waals surface area contributed by atoms with E-state index in [1.54, 1.807) is 0 Å². The van der Waals surface area contributed by atoms with Gasteiger partial charge in [0.15, 0.2) is 0 Å². The number of nitrogens with zero attached hydrogens (tertiary/aromatic N) is 1. The molecule has 3 nitrogen and oxygen atoms in total. The summed E-state index contributed by atoms with van der Waals surface area (Å²) in [5, 5.41) is 20.5. The molecule has 6 heteroatoms. The van der Waals surface area contributed by atoms with Crippen LogP contribution in [0.25, 0.3) is 0 Å². The molecule has 1 rings (SSSR count). The number of hydrogen-bond donors (Lipinski definition) is 2. The Morgan fingerprint density at radius 3 is 2.56 bits per heavy atom. The number of halogens is 3. The Hall–Kier alpha value is -2.00. The molecule has 0 amide bonds. The number of anilines is 1. The van der Waals surface area contributed by atoms with Crippen LogP contribution in [0.1, 0.15) is 18.1 Å². The molecule has 0 saturated carbocycles. The third-order valence-electron chi connectivity index (χ3n) is 2.22. The van der Waals surface area contributed by atoms with Crippen molar-refractivity contribution in [3.05, 3.63) is 41.5 Å². The fraction of sp³-hybridized carbons (Fsp3) is 0.250. The maximum Gasteiger partial charge on any atom is 0.417 e. The number of hydrogen-bond acceptors (Lipinski definition) is 3. The summed E-state index contributed by atoms with van der Waals surface area (Å²) in [7, 11) is 0. The Balaban J connectivity index is 3.12. The van der Waals surface area contributed by atoms with Gasteiger partial charge >= 0.3 is 6.18 Å². The normalized spacial score (nSPS) is 12.7. The highest BCUT2D eigenvalue weighted by Gasteiger charge is 2.33. The number of benzene rings is 1. The van der Waals surface area contributed by atoms with Gasteiger partial charge in [0, 0.05) is 5.69 Å². The van der Waals surface area contributed by atoms with Crippen molar-refractivity contribution in [1.29, 1.82) is 5.26 Å². The Kier molecular flexibility index (Phi) is 3.99. The van der Waals surface area contributed by atoms with E-state index in [0.29, 0.717) is 5.57 Å². The van der Waals surface area contributed by atoms with Crippen LogP contribution in [0.4, 0.5) is 18.9 Å². The van der Waals surface area contributed by atoms with Crippen LogP contribution in [0.3, 0.4) is 0 Å². The number of aliphatic hydroxyl groups is 1. The number of nitrogens with one attached hydrogen (secondary N) is 1. The molecule has 0 spiro atoms. The molecule has 0 aliphatic carbocycles. The van der Waals surface area contributed by atoms with Gasteiger partial charge in [-0.1, -0.05) is 6.58 Å². The van der Waals surface area contributed by atoms with Gasteiger partial charge < -0.3 is 10.4 Å². The van der Waals surface area contributed by atoms with Crippen LogP contribution in [-0.2, 0) is 6.18 Å². The molecule has 0 radical (unpaired) electrons. The molecule has 2 N–H and O–H groups in total. The third kappa shape index (κ3) is 3.25. The lowest BCUT2D eigenvalue weighted by Crippen LogP contribution is -2.20. The van der Waals surface area contributed by atoms with Crippen molar-refractivity contribution in [2.75, 3.05) is 5.32 Å². The lowest BCUT2D eigenvalue weighted by molar-refractivity contribution is -0.137. The predicted molar refractivity (Wildman–Crippen MR) is 60.6 cm³/mol. The van der Waals surface area contributed by atoms with Crippen LogP contribution in [0, 0.1) is 11.3 Å². The highest BCUT2D eigenvalue weighted by atomic mass is 19.4. The number of rotatable bonds is 3. The molecule has 0 aromatic heterocycles. The van der Waals surface area contributed by atoms with Crippen LogP contribution >= 0.6 is 0 Å². The van der Waals surface area contributed by atoms with Gasteiger partial charge in [0.25, 0.3) is 0 Å². The minimum atomic E-state index is -4.61. The molecular formula is C12H11F3N2O. The molecule has 0 bridgehead atoms. The van der Waals surface area contributed by atoms with E-state index in [-0.39, 0.29) is 5.69 Å². The molecule has 1 unspecified atom stereocenters. The van der Waals surface area contributed by atoms with Crippen LogP contribution in [-0.4, -0.2) is 11.3 Å². The van der Waals surface area contributed by atoms with E-state index < -0.39 is 23.5 Å². The highest BCUT2D eigenvalue weighted by molar-refractivity contribution is 5.53. The fourth-order valence-electron chi connectivity index (χ4n) is 1.25. The van der Waals surface area contributed by atoms with Crippen LogP contribution in [0.5, 0.6) is 0 Å². The lowest BCUT2D eigenvalue weighted by atomic mass is 10.1. The zero-order valence-corrected chi connectivity index (χ0v) is 9.54. The first kappa shape index (κ1) is 14.1. The molecule has 1 aromatic rings. The molecule has 96 valence electrons. The van der Waals surface area contributed by atoms with Crippen molar-refractivity contribution in [2.24, 2.45) is 0 Å². The third-order valence-corrected chi connectivity index (χ3v) is 2.22.